The van der Waals surface area contributed by atoms with E-state index < -0.39 is 5.97 Å². The number of aryl methyl sites for hydroxylation is 1. The average Bonchev–Trinajstić information content (AvgIpc) is 2.49. The molecule has 0 aliphatic heterocycles. The summed E-state index contributed by atoms with van der Waals surface area (Å²) in [5.74, 6) is -1.30. The topological polar surface area (TPSA) is 70.5 Å². The van der Waals surface area contributed by atoms with Gasteiger partial charge in [-0.1, -0.05) is 29.8 Å². The van der Waals surface area contributed by atoms with Gasteiger partial charge in [-0.2, -0.15) is 0 Å². The van der Waals surface area contributed by atoms with Crippen molar-refractivity contribution in [3.05, 3.63) is 65.0 Å². The van der Waals surface area contributed by atoms with Crippen LogP contribution in [-0.4, -0.2) is 33.9 Å². The second-order valence-electron chi connectivity index (χ2n) is 4.88. The zero-order chi connectivity index (χ0) is 15.4. The summed E-state index contributed by atoms with van der Waals surface area (Å²) in [5, 5.41) is 8.78. The van der Waals surface area contributed by atoms with Crippen LogP contribution in [0.4, 0.5) is 0 Å². The summed E-state index contributed by atoms with van der Waals surface area (Å²) in [6.45, 7) is 2.49. The molecule has 2 aromatic rings. The van der Waals surface area contributed by atoms with Crippen LogP contribution in [0.15, 0.2) is 42.6 Å². The Kier molecular flexibility index (Phi) is 4.33. The van der Waals surface area contributed by atoms with Crippen molar-refractivity contribution in [1.82, 2.24) is 9.88 Å². The number of hydrogen-bond acceptors (Lipinski definition) is 3. The summed E-state index contributed by atoms with van der Waals surface area (Å²) in [5.41, 5.74) is 2.50. The zero-order valence-corrected chi connectivity index (χ0v) is 11.9. The number of carbonyl (C=O) groups is 2. The van der Waals surface area contributed by atoms with E-state index in [9.17, 15) is 9.59 Å². The summed E-state index contributed by atoms with van der Waals surface area (Å²) in [6, 6.07) is 10.8. The summed E-state index contributed by atoms with van der Waals surface area (Å²) < 4.78 is 0. The molecule has 0 aliphatic rings. The predicted molar refractivity (Wildman–Crippen MR) is 78.2 cm³/mol. The lowest BCUT2D eigenvalue weighted by atomic mass is 10.1. The molecule has 0 unspecified atom stereocenters. The van der Waals surface area contributed by atoms with Crippen LogP contribution in [0, 0.1) is 6.92 Å². The fraction of sp³-hybridized carbons (Fsp3) is 0.188. The number of hydrogen-bond donors (Lipinski definition) is 1. The number of aromatic carboxylic acids is 1. The normalized spacial score (nSPS) is 10.2. The van der Waals surface area contributed by atoms with Crippen LogP contribution in [0.5, 0.6) is 0 Å². The van der Waals surface area contributed by atoms with Gasteiger partial charge in [-0.3, -0.25) is 4.79 Å². The monoisotopic (exact) mass is 284 g/mol. The number of carboxylic acids is 1. The van der Waals surface area contributed by atoms with Gasteiger partial charge in [0.2, 0.25) is 0 Å². The lowest BCUT2D eigenvalue weighted by Gasteiger charge is -2.17. The van der Waals surface area contributed by atoms with E-state index in [0.29, 0.717) is 12.1 Å². The van der Waals surface area contributed by atoms with Crippen molar-refractivity contribution in [1.29, 1.82) is 0 Å². The molecular weight excluding hydrogens is 268 g/mol. The maximum absolute atomic E-state index is 12.2. The summed E-state index contributed by atoms with van der Waals surface area (Å²) in [7, 11) is 1.70. The predicted octanol–water partition coefficient (Wildman–Crippen LogP) is 2.36. The average molecular weight is 284 g/mol. The number of pyridine rings is 1. The quantitative estimate of drug-likeness (QED) is 0.935. The van der Waals surface area contributed by atoms with E-state index in [0.717, 1.165) is 5.56 Å². The van der Waals surface area contributed by atoms with Crippen LogP contribution in [0.3, 0.4) is 0 Å². The Balaban J connectivity index is 2.08. The molecule has 1 N–H and O–H groups in total. The third kappa shape index (κ3) is 3.66. The molecule has 0 radical (unpaired) electrons. The van der Waals surface area contributed by atoms with Gasteiger partial charge < -0.3 is 10.0 Å². The van der Waals surface area contributed by atoms with Crippen molar-refractivity contribution in [2.75, 3.05) is 7.05 Å². The second-order valence-corrected chi connectivity index (χ2v) is 4.88. The zero-order valence-electron chi connectivity index (χ0n) is 11.9. The lowest BCUT2D eigenvalue weighted by Crippen LogP contribution is -2.26. The number of rotatable bonds is 4. The second kappa shape index (κ2) is 6.17. The maximum Gasteiger partial charge on any atom is 0.354 e. The molecule has 0 fully saturated rings. The number of nitrogens with zero attached hydrogens (tertiary/aromatic N) is 2. The molecule has 0 saturated heterocycles. The number of carboxylic acid groups (broad SMARTS) is 1. The minimum absolute atomic E-state index is 0.0762. The van der Waals surface area contributed by atoms with Gasteiger partial charge in [-0.05, 0) is 24.6 Å². The van der Waals surface area contributed by atoms with Gasteiger partial charge in [0.25, 0.3) is 5.91 Å². The lowest BCUT2D eigenvalue weighted by molar-refractivity contribution is 0.0688. The number of amides is 1. The maximum atomic E-state index is 12.2. The first kappa shape index (κ1) is 14.7. The SMILES string of the molecule is Cc1ccc(CN(C)C(=O)c2ccc(C(=O)O)nc2)cc1. The first-order valence-corrected chi connectivity index (χ1v) is 6.47. The molecule has 108 valence electrons. The van der Waals surface area contributed by atoms with Crippen molar-refractivity contribution in [2.24, 2.45) is 0 Å². The minimum atomic E-state index is -1.11. The van der Waals surface area contributed by atoms with Gasteiger partial charge >= 0.3 is 5.97 Å². The molecule has 1 aromatic carbocycles. The summed E-state index contributed by atoms with van der Waals surface area (Å²) in [4.78, 5) is 28.3. The van der Waals surface area contributed by atoms with E-state index in [1.807, 2.05) is 31.2 Å². The van der Waals surface area contributed by atoms with Crippen LogP contribution in [0.25, 0.3) is 0 Å². The molecule has 5 heteroatoms. The largest absolute Gasteiger partial charge is 0.477 e. The van der Waals surface area contributed by atoms with Crippen LogP contribution < -0.4 is 0 Å². The molecular formula is C16H16N2O3. The van der Waals surface area contributed by atoms with Gasteiger partial charge in [0.05, 0.1) is 5.56 Å². The molecule has 0 spiro atoms. The first-order chi connectivity index (χ1) is 9.97. The van der Waals surface area contributed by atoms with Gasteiger partial charge in [0.15, 0.2) is 0 Å². The van der Waals surface area contributed by atoms with E-state index >= 15 is 0 Å². The molecule has 2 rings (SSSR count). The van der Waals surface area contributed by atoms with Crippen molar-refractivity contribution >= 4 is 11.9 Å². The third-order valence-corrected chi connectivity index (χ3v) is 3.12. The smallest absolute Gasteiger partial charge is 0.354 e. The van der Waals surface area contributed by atoms with E-state index in [2.05, 4.69) is 4.98 Å². The molecule has 1 aromatic heterocycles. The highest BCUT2D eigenvalue weighted by atomic mass is 16.4. The Morgan fingerprint density at radius 3 is 2.33 bits per heavy atom. The van der Waals surface area contributed by atoms with Gasteiger partial charge in [-0.15, -0.1) is 0 Å². The number of aromatic nitrogens is 1. The Morgan fingerprint density at radius 2 is 1.81 bits per heavy atom. The number of benzene rings is 1. The molecule has 21 heavy (non-hydrogen) atoms. The van der Waals surface area contributed by atoms with Crippen molar-refractivity contribution in [2.45, 2.75) is 13.5 Å². The Bertz CT molecular complexity index is 648. The Labute approximate surface area is 122 Å². The van der Waals surface area contributed by atoms with E-state index in [1.54, 1.807) is 11.9 Å². The molecule has 1 heterocycles. The van der Waals surface area contributed by atoms with Gasteiger partial charge in [0, 0.05) is 19.8 Å². The minimum Gasteiger partial charge on any atom is -0.477 e. The number of carbonyl (C=O) groups excluding carboxylic acids is 1. The fourth-order valence-electron chi connectivity index (χ4n) is 1.91. The van der Waals surface area contributed by atoms with Crippen LogP contribution in [0.2, 0.25) is 0 Å². The molecule has 0 aliphatic carbocycles. The molecule has 1 amide bonds. The first-order valence-electron chi connectivity index (χ1n) is 6.47. The Hall–Kier alpha value is -2.69. The van der Waals surface area contributed by atoms with Crippen LogP contribution >= 0.6 is 0 Å². The van der Waals surface area contributed by atoms with E-state index in [4.69, 9.17) is 5.11 Å². The van der Waals surface area contributed by atoms with E-state index in [1.165, 1.54) is 23.9 Å². The molecule has 0 atom stereocenters. The summed E-state index contributed by atoms with van der Waals surface area (Å²) in [6.07, 6.45) is 1.29. The molecule has 5 nitrogen and oxygen atoms in total. The fourth-order valence-corrected chi connectivity index (χ4v) is 1.91. The highest BCUT2D eigenvalue weighted by Gasteiger charge is 2.13. The van der Waals surface area contributed by atoms with E-state index in [-0.39, 0.29) is 11.6 Å². The van der Waals surface area contributed by atoms with Crippen LogP contribution in [0.1, 0.15) is 32.0 Å². The van der Waals surface area contributed by atoms with Gasteiger partial charge in [0.1, 0.15) is 5.69 Å². The standard InChI is InChI=1S/C16H16N2O3/c1-11-3-5-12(6-4-11)10-18(2)15(19)13-7-8-14(16(20)21)17-9-13/h3-9H,10H2,1-2H3,(H,20,21). The van der Waals surface area contributed by atoms with Crippen molar-refractivity contribution < 1.29 is 14.7 Å². The third-order valence-electron chi connectivity index (χ3n) is 3.12. The highest BCUT2D eigenvalue weighted by molar-refractivity contribution is 5.94. The molecule has 0 bridgehead atoms. The Morgan fingerprint density at radius 1 is 1.14 bits per heavy atom. The van der Waals surface area contributed by atoms with Gasteiger partial charge in [-0.25, -0.2) is 9.78 Å². The van der Waals surface area contributed by atoms with Crippen molar-refractivity contribution in [3.8, 4) is 0 Å². The van der Waals surface area contributed by atoms with Crippen LogP contribution in [-0.2, 0) is 6.54 Å². The van der Waals surface area contributed by atoms with Crippen molar-refractivity contribution in [3.63, 3.8) is 0 Å². The summed E-state index contributed by atoms with van der Waals surface area (Å²) >= 11 is 0. The molecule has 0 saturated carbocycles. The highest BCUT2D eigenvalue weighted by Crippen LogP contribution is 2.09.